The molecular weight excluding hydrogens is 548 g/mol. The quantitative estimate of drug-likeness (QED) is 0.264. The Morgan fingerprint density at radius 3 is 1.32 bits per heavy atom. The Balaban J connectivity index is 0.00000312. The van der Waals surface area contributed by atoms with Crippen molar-refractivity contribution in [3.63, 3.8) is 0 Å². The predicted octanol–water partition coefficient (Wildman–Crippen LogP) is 6.43. The van der Waals surface area contributed by atoms with Crippen LogP contribution in [0.5, 0.6) is 0 Å². The summed E-state index contributed by atoms with van der Waals surface area (Å²) in [6.45, 7) is 7.69. The van der Waals surface area contributed by atoms with E-state index in [2.05, 4.69) is 25.3 Å². The van der Waals surface area contributed by atoms with Crippen LogP contribution in [-0.2, 0) is 25.6 Å². The van der Waals surface area contributed by atoms with Gasteiger partial charge in [0.1, 0.15) is 0 Å². The van der Waals surface area contributed by atoms with Crippen molar-refractivity contribution in [1.29, 1.82) is 0 Å². The Kier molecular flexibility index (Phi) is 6.72. The van der Waals surface area contributed by atoms with Crippen LogP contribution < -0.4 is 9.80 Å². The lowest BCUT2D eigenvalue weighted by atomic mass is 9.80. The van der Waals surface area contributed by atoms with Crippen molar-refractivity contribution in [3.05, 3.63) is 108 Å². The highest BCUT2D eigenvalue weighted by molar-refractivity contribution is 6.23. The van der Waals surface area contributed by atoms with E-state index in [9.17, 15) is 19.2 Å². The van der Waals surface area contributed by atoms with E-state index >= 15 is 0 Å². The van der Waals surface area contributed by atoms with E-state index < -0.39 is 0 Å². The number of nitrogens with zero attached hydrogens (tertiary/aromatic N) is 2. The number of fused-ring (bicyclic) bond motifs is 10. The molecule has 0 N–H and O–H groups in total. The van der Waals surface area contributed by atoms with E-state index in [1.165, 1.54) is 20.9 Å². The molecule has 44 heavy (non-hydrogen) atoms. The summed E-state index contributed by atoms with van der Waals surface area (Å²) in [6.07, 6.45) is 12.2. The third-order valence-electron chi connectivity index (χ3n) is 11.0. The third kappa shape index (κ3) is 3.92. The standard InChI is InChI=1S/C37H34N2O4.CH4/c1-3-5-22-16-24-18-28(22)32-30(24)34(40)38(36(32)42)26-11-7-20(8-12-26)15-21-9-13-27(14-10-21)39-35(41)31-25-17-23(6-4-2)29(19-25)33(31)37(39)43;/h3-4,7-14,16-17,24-25,28-33H,1-2,5-6,15,18-19H2;1H4. The summed E-state index contributed by atoms with van der Waals surface area (Å²) in [5.74, 6) is -0.637. The van der Waals surface area contributed by atoms with E-state index in [1.54, 1.807) is 0 Å². The normalized spacial score (nSPS) is 32.5. The monoisotopic (exact) mass is 586 g/mol. The van der Waals surface area contributed by atoms with Crippen molar-refractivity contribution < 1.29 is 19.2 Å². The summed E-state index contributed by atoms with van der Waals surface area (Å²) in [7, 11) is 0. The predicted molar refractivity (Wildman–Crippen MR) is 170 cm³/mol. The molecule has 4 aliphatic carbocycles. The van der Waals surface area contributed by atoms with E-state index in [4.69, 9.17) is 0 Å². The zero-order chi connectivity index (χ0) is 29.6. The fourth-order valence-electron chi connectivity index (χ4n) is 9.29. The number of anilines is 2. The van der Waals surface area contributed by atoms with E-state index in [-0.39, 0.29) is 78.4 Å². The minimum atomic E-state index is -0.245. The van der Waals surface area contributed by atoms with Crippen molar-refractivity contribution in [1.82, 2.24) is 0 Å². The lowest BCUT2D eigenvalue weighted by Crippen LogP contribution is -2.33. The van der Waals surface area contributed by atoms with Crippen molar-refractivity contribution in [2.24, 2.45) is 47.3 Å². The topological polar surface area (TPSA) is 74.8 Å². The smallest absolute Gasteiger partial charge is 0.238 e. The summed E-state index contributed by atoms with van der Waals surface area (Å²) in [5.41, 5.74) is 5.87. The van der Waals surface area contributed by atoms with Gasteiger partial charge in [0.05, 0.1) is 35.0 Å². The average molecular weight is 587 g/mol. The van der Waals surface area contributed by atoms with Gasteiger partial charge in [0.25, 0.3) is 0 Å². The van der Waals surface area contributed by atoms with Gasteiger partial charge in [-0.25, -0.2) is 0 Å². The van der Waals surface area contributed by atoms with Crippen LogP contribution in [0.15, 0.2) is 97.1 Å². The molecule has 8 unspecified atom stereocenters. The fraction of sp³-hybridized carbons (Fsp3) is 0.368. The molecule has 224 valence electrons. The van der Waals surface area contributed by atoms with Crippen LogP contribution in [0.25, 0.3) is 0 Å². The number of carbonyl (C=O) groups excluding carboxylic acids is 4. The van der Waals surface area contributed by atoms with Gasteiger partial charge in [-0.05, 0) is 91.2 Å². The Morgan fingerprint density at radius 2 is 0.955 bits per heavy atom. The molecular formula is C38H38N2O4. The minimum Gasteiger partial charge on any atom is -0.274 e. The maximum atomic E-state index is 13.4. The molecule has 4 amide bonds. The van der Waals surface area contributed by atoms with Gasteiger partial charge in [0.15, 0.2) is 0 Å². The number of carbonyl (C=O) groups is 4. The first-order chi connectivity index (χ1) is 20.9. The van der Waals surface area contributed by atoms with Crippen molar-refractivity contribution in [2.75, 3.05) is 9.80 Å². The van der Waals surface area contributed by atoms with Gasteiger partial charge < -0.3 is 0 Å². The molecule has 4 fully saturated rings. The van der Waals surface area contributed by atoms with E-state index in [1.807, 2.05) is 60.7 Å². The number of benzene rings is 2. The molecule has 2 aromatic rings. The molecule has 2 saturated heterocycles. The second kappa shape index (κ2) is 10.4. The van der Waals surface area contributed by atoms with Gasteiger partial charge in [0, 0.05) is 0 Å². The molecule has 8 atom stereocenters. The molecule has 2 saturated carbocycles. The SMILES string of the molecule is C.C=CCC1=CC2CC1C1C(=O)N(c3ccc(Cc4ccc(N5C(=O)C6C7C=C(CC=C)C(C7)C6C5=O)cc4)cc3)C(=O)C21. The zero-order valence-electron chi connectivity index (χ0n) is 24.0. The molecule has 8 rings (SSSR count). The minimum absolute atomic E-state index is 0. The van der Waals surface area contributed by atoms with Crippen LogP contribution in [0.2, 0.25) is 0 Å². The molecule has 2 aromatic carbocycles. The van der Waals surface area contributed by atoms with Crippen LogP contribution in [0.4, 0.5) is 11.4 Å². The van der Waals surface area contributed by atoms with Gasteiger partial charge in [-0.3, -0.25) is 29.0 Å². The molecule has 4 bridgehead atoms. The first-order valence-corrected chi connectivity index (χ1v) is 15.5. The van der Waals surface area contributed by atoms with Crippen molar-refractivity contribution >= 4 is 35.0 Å². The maximum absolute atomic E-state index is 13.4. The highest BCUT2D eigenvalue weighted by Gasteiger charge is 2.62. The highest BCUT2D eigenvalue weighted by Crippen LogP contribution is 2.58. The number of amides is 4. The lowest BCUT2D eigenvalue weighted by molar-refractivity contribution is -0.124. The van der Waals surface area contributed by atoms with Gasteiger partial charge in [0.2, 0.25) is 23.6 Å². The summed E-state index contributed by atoms with van der Waals surface area (Å²) >= 11 is 0. The second-order valence-corrected chi connectivity index (χ2v) is 13.1. The third-order valence-corrected chi connectivity index (χ3v) is 11.0. The van der Waals surface area contributed by atoms with Crippen LogP contribution in [0.3, 0.4) is 0 Å². The van der Waals surface area contributed by atoms with Gasteiger partial charge in [-0.2, -0.15) is 0 Å². The molecule has 0 spiro atoms. The average Bonchev–Trinajstić information content (AvgIpc) is 3.83. The Labute approximate surface area is 258 Å². The van der Waals surface area contributed by atoms with Gasteiger partial charge in [-0.1, -0.05) is 67.1 Å². The van der Waals surface area contributed by atoms with Gasteiger partial charge in [-0.15, -0.1) is 13.2 Å². The molecule has 2 aliphatic heterocycles. The van der Waals surface area contributed by atoms with E-state index in [0.717, 1.165) is 36.8 Å². The number of rotatable bonds is 8. The summed E-state index contributed by atoms with van der Waals surface area (Å²) in [6, 6.07) is 15.3. The summed E-state index contributed by atoms with van der Waals surface area (Å²) < 4.78 is 0. The first kappa shape index (κ1) is 28.5. The zero-order valence-corrected chi connectivity index (χ0v) is 24.0. The second-order valence-electron chi connectivity index (χ2n) is 13.1. The number of imide groups is 2. The first-order valence-electron chi connectivity index (χ1n) is 15.5. The number of allylic oxidation sites excluding steroid dienone is 6. The number of hydrogen-bond donors (Lipinski definition) is 0. The molecule has 6 nitrogen and oxygen atoms in total. The summed E-state index contributed by atoms with van der Waals surface area (Å²) in [5, 5.41) is 0. The molecule has 0 aromatic heterocycles. The Hall–Kier alpha value is -4.32. The molecule has 2 heterocycles. The number of hydrogen-bond acceptors (Lipinski definition) is 4. The molecule has 6 heteroatoms. The Bertz CT molecular complexity index is 1540. The maximum Gasteiger partial charge on any atom is 0.238 e. The van der Waals surface area contributed by atoms with Crippen LogP contribution in [0, 0.1) is 47.3 Å². The molecule has 0 radical (unpaired) electrons. The summed E-state index contributed by atoms with van der Waals surface area (Å²) in [4.78, 5) is 56.4. The van der Waals surface area contributed by atoms with Crippen LogP contribution in [0.1, 0.15) is 44.2 Å². The van der Waals surface area contributed by atoms with Crippen molar-refractivity contribution in [3.8, 4) is 0 Å². The van der Waals surface area contributed by atoms with Crippen LogP contribution >= 0.6 is 0 Å². The molecule has 6 aliphatic rings. The van der Waals surface area contributed by atoms with Crippen LogP contribution in [-0.4, -0.2) is 23.6 Å². The largest absolute Gasteiger partial charge is 0.274 e. The fourth-order valence-corrected chi connectivity index (χ4v) is 9.29. The highest BCUT2D eigenvalue weighted by atomic mass is 16.2. The van der Waals surface area contributed by atoms with Gasteiger partial charge >= 0.3 is 0 Å². The van der Waals surface area contributed by atoms with Crippen molar-refractivity contribution in [2.45, 2.75) is 39.5 Å². The lowest BCUT2D eigenvalue weighted by Gasteiger charge is -2.21. The van der Waals surface area contributed by atoms with E-state index in [0.29, 0.717) is 17.8 Å². The Morgan fingerprint density at radius 1 is 0.591 bits per heavy atom.